The lowest BCUT2D eigenvalue weighted by atomic mass is 10.1. The van der Waals surface area contributed by atoms with Gasteiger partial charge in [0.1, 0.15) is 11.6 Å². The van der Waals surface area contributed by atoms with Gasteiger partial charge in [0.05, 0.1) is 23.4 Å². The lowest BCUT2D eigenvalue weighted by Gasteiger charge is -2.26. The lowest BCUT2D eigenvalue weighted by molar-refractivity contribution is -0.137. The summed E-state index contributed by atoms with van der Waals surface area (Å²) < 4.78 is 11.7. The van der Waals surface area contributed by atoms with Crippen molar-refractivity contribution in [1.82, 2.24) is 9.88 Å². The quantitative estimate of drug-likeness (QED) is 0.254. The predicted octanol–water partition coefficient (Wildman–Crippen LogP) is 4.13. The van der Waals surface area contributed by atoms with Crippen molar-refractivity contribution < 1.29 is 14.3 Å². The molecule has 5 nitrogen and oxygen atoms in total. The third-order valence-corrected chi connectivity index (χ3v) is 5.84. The summed E-state index contributed by atoms with van der Waals surface area (Å²) in [7, 11) is 0. The Hall–Kier alpha value is -2.98. The fourth-order valence-corrected chi connectivity index (χ4v) is 4.10. The fraction of sp³-hybridized carbons (Fsp3) is 0.280. The predicted molar refractivity (Wildman–Crippen MR) is 124 cm³/mol. The van der Waals surface area contributed by atoms with E-state index < -0.39 is 0 Å². The number of fused-ring (bicyclic) bond motifs is 1. The maximum absolute atomic E-state index is 11.9. The number of carbonyl (C=O) groups is 1. The van der Waals surface area contributed by atoms with E-state index in [1.807, 2.05) is 36.4 Å². The molecule has 158 valence electrons. The Balaban J connectivity index is 1.18. The molecule has 2 heterocycles. The summed E-state index contributed by atoms with van der Waals surface area (Å²) in [6, 6.07) is 16.2. The van der Waals surface area contributed by atoms with Crippen molar-refractivity contribution in [2.24, 2.45) is 0 Å². The minimum Gasteiger partial charge on any atom is -0.462 e. The molecule has 6 heteroatoms. The van der Waals surface area contributed by atoms with Crippen LogP contribution in [-0.2, 0) is 20.8 Å². The van der Waals surface area contributed by atoms with E-state index >= 15 is 0 Å². The van der Waals surface area contributed by atoms with Crippen LogP contribution in [0.3, 0.4) is 0 Å². The van der Waals surface area contributed by atoms with E-state index in [-0.39, 0.29) is 12.6 Å². The minimum atomic E-state index is -0.381. The average Bonchev–Trinajstić information content (AvgIpc) is 3.22. The molecule has 0 amide bonds. The van der Waals surface area contributed by atoms with Crippen LogP contribution in [0, 0.1) is 11.8 Å². The first-order chi connectivity index (χ1) is 15.3. The summed E-state index contributed by atoms with van der Waals surface area (Å²) in [5.74, 6) is 5.80. The summed E-state index contributed by atoms with van der Waals surface area (Å²) in [4.78, 5) is 18.7. The van der Waals surface area contributed by atoms with Crippen molar-refractivity contribution >= 4 is 33.6 Å². The van der Waals surface area contributed by atoms with E-state index in [2.05, 4.69) is 33.9 Å². The van der Waals surface area contributed by atoms with Gasteiger partial charge >= 0.3 is 5.97 Å². The molecule has 0 bridgehead atoms. The van der Waals surface area contributed by atoms with Gasteiger partial charge in [0.25, 0.3) is 0 Å². The Kier molecular flexibility index (Phi) is 7.46. The summed E-state index contributed by atoms with van der Waals surface area (Å²) in [6.45, 7) is 4.80. The highest BCUT2D eigenvalue weighted by Crippen LogP contribution is 2.22. The van der Waals surface area contributed by atoms with Gasteiger partial charge in [-0.3, -0.25) is 4.90 Å². The molecule has 2 aromatic carbocycles. The number of morpholine rings is 1. The van der Waals surface area contributed by atoms with Crippen LogP contribution in [0.2, 0.25) is 0 Å². The maximum Gasteiger partial charge on any atom is 0.330 e. The van der Waals surface area contributed by atoms with Crippen LogP contribution in [0.15, 0.2) is 54.6 Å². The van der Waals surface area contributed by atoms with Crippen LogP contribution >= 0.6 is 11.3 Å². The SMILES string of the molecule is O=C(/C=C/c1nc2ccccc2s1)OCCC#Cc1ccc(CN2CCOCC2)cc1. The molecule has 1 aliphatic heterocycles. The smallest absolute Gasteiger partial charge is 0.330 e. The van der Waals surface area contributed by atoms with Crippen molar-refractivity contribution in [2.75, 3.05) is 32.9 Å². The molecule has 31 heavy (non-hydrogen) atoms. The van der Waals surface area contributed by atoms with Crippen LogP contribution in [-0.4, -0.2) is 48.8 Å². The number of ether oxygens (including phenoxy) is 2. The number of benzene rings is 2. The van der Waals surface area contributed by atoms with Crippen molar-refractivity contribution in [1.29, 1.82) is 0 Å². The molecule has 1 aliphatic rings. The van der Waals surface area contributed by atoms with E-state index in [0.717, 1.165) is 53.6 Å². The molecule has 0 unspecified atom stereocenters. The summed E-state index contributed by atoms with van der Waals surface area (Å²) >= 11 is 1.54. The van der Waals surface area contributed by atoms with Crippen molar-refractivity contribution in [3.63, 3.8) is 0 Å². The molecular formula is C25H24N2O3S. The molecular weight excluding hydrogens is 408 g/mol. The second-order valence-electron chi connectivity index (χ2n) is 7.16. The summed E-state index contributed by atoms with van der Waals surface area (Å²) in [5.41, 5.74) is 3.18. The molecule has 0 atom stereocenters. The maximum atomic E-state index is 11.9. The largest absolute Gasteiger partial charge is 0.462 e. The highest BCUT2D eigenvalue weighted by molar-refractivity contribution is 7.19. The Morgan fingerprint density at radius 2 is 1.97 bits per heavy atom. The lowest BCUT2D eigenvalue weighted by Crippen LogP contribution is -2.35. The second-order valence-corrected chi connectivity index (χ2v) is 8.22. The van der Waals surface area contributed by atoms with E-state index in [0.29, 0.717) is 6.42 Å². The number of carbonyl (C=O) groups excluding carboxylic acids is 1. The summed E-state index contributed by atoms with van der Waals surface area (Å²) in [6.07, 6.45) is 3.60. The highest BCUT2D eigenvalue weighted by Gasteiger charge is 2.10. The van der Waals surface area contributed by atoms with Crippen LogP contribution in [0.1, 0.15) is 22.6 Å². The standard InChI is InChI=1S/C25H24N2O3S/c28-25(13-12-24-26-22-6-1-2-7-23(22)31-24)30-16-4-3-5-20-8-10-21(11-9-20)19-27-14-17-29-18-15-27/h1-2,6-13H,4,14-19H2/b13-12+. The van der Waals surface area contributed by atoms with Gasteiger partial charge in [-0.25, -0.2) is 9.78 Å². The van der Waals surface area contributed by atoms with Gasteiger partial charge in [0.15, 0.2) is 0 Å². The van der Waals surface area contributed by atoms with Crippen LogP contribution in [0.25, 0.3) is 16.3 Å². The number of nitrogens with zero attached hydrogens (tertiary/aromatic N) is 2. The first-order valence-electron chi connectivity index (χ1n) is 10.3. The van der Waals surface area contributed by atoms with E-state index in [9.17, 15) is 4.79 Å². The van der Waals surface area contributed by atoms with Gasteiger partial charge in [-0.15, -0.1) is 11.3 Å². The highest BCUT2D eigenvalue weighted by atomic mass is 32.1. The Morgan fingerprint density at radius 3 is 2.77 bits per heavy atom. The van der Waals surface area contributed by atoms with Crippen molar-refractivity contribution in [3.8, 4) is 11.8 Å². The van der Waals surface area contributed by atoms with Gasteiger partial charge in [-0.1, -0.05) is 36.1 Å². The average molecular weight is 433 g/mol. The zero-order valence-electron chi connectivity index (χ0n) is 17.3. The van der Waals surface area contributed by atoms with Gasteiger partial charge in [-0.2, -0.15) is 0 Å². The molecule has 1 fully saturated rings. The monoisotopic (exact) mass is 432 g/mol. The molecule has 0 aliphatic carbocycles. The number of thiazole rings is 1. The molecule has 0 radical (unpaired) electrons. The number of hydrogen-bond acceptors (Lipinski definition) is 6. The fourth-order valence-electron chi connectivity index (χ4n) is 3.23. The van der Waals surface area contributed by atoms with Crippen LogP contribution in [0.4, 0.5) is 0 Å². The number of esters is 1. The van der Waals surface area contributed by atoms with E-state index in [4.69, 9.17) is 9.47 Å². The van der Waals surface area contributed by atoms with Crippen LogP contribution in [0.5, 0.6) is 0 Å². The first-order valence-corrected chi connectivity index (χ1v) is 11.2. The molecule has 0 saturated carbocycles. The normalized spacial score (nSPS) is 14.5. The van der Waals surface area contributed by atoms with E-state index in [1.54, 1.807) is 17.4 Å². The second kappa shape index (κ2) is 10.9. The van der Waals surface area contributed by atoms with Gasteiger partial charge in [-0.05, 0) is 35.9 Å². The molecule has 0 N–H and O–H groups in total. The van der Waals surface area contributed by atoms with E-state index in [1.165, 1.54) is 11.6 Å². The Labute approximate surface area is 186 Å². The number of para-hydroxylation sites is 1. The molecule has 4 rings (SSSR count). The zero-order chi connectivity index (χ0) is 21.3. The molecule has 0 spiro atoms. The zero-order valence-corrected chi connectivity index (χ0v) is 18.1. The van der Waals surface area contributed by atoms with Gasteiger partial charge in [0.2, 0.25) is 0 Å². The van der Waals surface area contributed by atoms with Crippen molar-refractivity contribution in [2.45, 2.75) is 13.0 Å². The number of rotatable bonds is 6. The van der Waals surface area contributed by atoms with Crippen LogP contribution < -0.4 is 0 Å². The Morgan fingerprint density at radius 1 is 1.16 bits per heavy atom. The summed E-state index contributed by atoms with van der Waals surface area (Å²) in [5, 5.41) is 0.787. The van der Waals surface area contributed by atoms with Crippen molar-refractivity contribution in [3.05, 3.63) is 70.7 Å². The van der Waals surface area contributed by atoms with Gasteiger partial charge < -0.3 is 9.47 Å². The molecule has 3 aromatic rings. The van der Waals surface area contributed by atoms with Gasteiger partial charge in [0, 0.05) is 37.7 Å². The number of hydrogen-bond donors (Lipinski definition) is 0. The Bertz CT molecular complexity index is 1070. The third-order valence-electron chi connectivity index (χ3n) is 4.84. The topological polar surface area (TPSA) is 51.7 Å². The minimum absolute atomic E-state index is 0.269. The first kappa shape index (κ1) is 21.3. The third kappa shape index (κ3) is 6.50. The molecule has 1 saturated heterocycles. The number of aromatic nitrogens is 1. The molecule has 1 aromatic heterocycles.